The molecule has 13 nitrogen and oxygen atoms in total. The van der Waals surface area contributed by atoms with Gasteiger partial charge in [0.2, 0.25) is 5.79 Å². The van der Waals surface area contributed by atoms with Gasteiger partial charge in [0.15, 0.2) is 22.7 Å². The van der Waals surface area contributed by atoms with E-state index in [9.17, 15) is 15.0 Å². The lowest BCUT2D eigenvalue weighted by atomic mass is 9.70. The molecule has 0 bridgehead atoms. The fraction of sp³-hybridized carbons (Fsp3) is 0.930. The van der Waals surface area contributed by atoms with Crippen LogP contribution in [0.3, 0.4) is 0 Å². The van der Waals surface area contributed by atoms with Gasteiger partial charge < -0.3 is 57.0 Å². The third-order valence-corrected chi connectivity index (χ3v) is 22.6. The summed E-state index contributed by atoms with van der Waals surface area (Å²) in [5, 5.41) is 24.0. The third kappa shape index (κ3) is 14.1. The molecule has 10 atom stereocenters. The molecule has 1 fully saturated rings. The maximum atomic E-state index is 12.9. The fourth-order valence-electron chi connectivity index (χ4n) is 7.71. The van der Waals surface area contributed by atoms with Gasteiger partial charge in [-0.05, 0) is 61.1 Å². The van der Waals surface area contributed by atoms with Crippen LogP contribution in [-0.4, -0.2) is 143 Å². The lowest BCUT2D eigenvalue weighted by molar-refractivity contribution is -0.384. The van der Waals surface area contributed by atoms with E-state index >= 15 is 0 Å². The molecule has 0 saturated carbocycles. The highest BCUT2D eigenvalue weighted by Gasteiger charge is 2.64. The molecule has 344 valence electrons. The third-order valence-electron chi connectivity index (χ3n) is 13.4. The summed E-state index contributed by atoms with van der Waals surface area (Å²) in [4.78, 5) is 12.9. The van der Waals surface area contributed by atoms with Crippen molar-refractivity contribution in [1.29, 1.82) is 0 Å². The monoisotopic (exact) mass is 867 g/mol. The quantitative estimate of drug-likeness (QED) is 0.0344. The van der Waals surface area contributed by atoms with Gasteiger partial charge in [-0.1, -0.05) is 68.4 Å². The van der Waals surface area contributed by atoms with Crippen molar-refractivity contribution < 1.29 is 61.8 Å². The second-order valence-corrected chi connectivity index (χ2v) is 27.7. The topological polar surface area (TPSA) is 150 Å². The van der Waals surface area contributed by atoms with Gasteiger partial charge in [0.25, 0.3) is 0 Å². The summed E-state index contributed by atoms with van der Waals surface area (Å²) in [6.07, 6.45) is -1.94. The Balaban J connectivity index is 3.61. The van der Waals surface area contributed by atoms with Gasteiger partial charge in [-0.3, -0.25) is 0 Å². The Morgan fingerprint density at radius 2 is 1.53 bits per heavy atom. The van der Waals surface area contributed by atoms with Crippen molar-refractivity contribution in [3.05, 3.63) is 11.6 Å². The molecule has 0 aromatic rings. The van der Waals surface area contributed by atoms with E-state index in [-0.39, 0.29) is 37.0 Å². The Morgan fingerprint density at radius 1 is 0.931 bits per heavy atom. The number of aliphatic hydroxyl groups is 2. The lowest BCUT2D eigenvalue weighted by Gasteiger charge is -2.58. The number of aliphatic hydroxyl groups excluding tert-OH is 2. The standard InChI is InChI=1S/C43H86O13Si2/c1-19-31(28-54-57(17,18)41(6,7)8)23-30(5)34(44)24-32(48-12)27-37(45)42(9,10)43(52-16)39(56-58(20-2,21-3)22-4)36(50-14)26-33(55-43)25-35(49-13)38(40(46)51-15)53-29-47-11/h23,31-39,44-45H,19-22,24-29H2,1-18H3/b30-23-/t31-,32+,33+,34-,35-,36-,37+,38+,39-,43+/m0/s1. The summed E-state index contributed by atoms with van der Waals surface area (Å²) in [5.41, 5.74) is -0.285. The minimum absolute atomic E-state index is 0.109. The van der Waals surface area contributed by atoms with Crippen LogP contribution in [0.5, 0.6) is 0 Å². The first-order valence-corrected chi connectivity index (χ1v) is 26.8. The molecule has 0 spiro atoms. The van der Waals surface area contributed by atoms with Crippen molar-refractivity contribution in [2.75, 3.05) is 56.1 Å². The van der Waals surface area contributed by atoms with Crippen LogP contribution in [0.4, 0.5) is 0 Å². The van der Waals surface area contributed by atoms with Crippen molar-refractivity contribution in [3.8, 4) is 0 Å². The summed E-state index contributed by atoms with van der Waals surface area (Å²) in [7, 11) is 4.83. The van der Waals surface area contributed by atoms with Crippen LogP contribution >= 0.6 is 0 Å². The van der Waals surface area contributed by atoms with Gasteiger partial charge in [-0.15, -0.1) is 0 Å². The van der Waals surface area contributed by atoms with E-state index in [0.29, 0.717) is 13.0 Å². The molecule has 1 aliphatic rings. The molecule has 15 heteroatoms. The summed E-state index contributed by atoms with van der Waals surface area (Å²) in [5.74, 6) is -1.98. The van der Waals surface area contributed by atoms with Crippen LogP contribution in [0.1, 0.15) is 101 Å². The predicted octanol–water partition coefficient (Wildman–Crippen LogP) is 7.63. The first-order valence-electron chi connectivity index (χ1n) is 21.4. The highest BCUT2D eigenvalue weighted by Crippen LogP contribution is 2.50. The molecular weight excluding hydrogens is 781 g/mol. The molecule has 0 aromatic heterocycles. The number of esters is 1. The van der Waals surface area contributed by atoms with E-state index in [1.807, 2.05) is 20.8 Å². The number of methoxy groups -OCH3 is 6. The van der Waals surface area contributed by atoms with Crippen LogP contribution in [0, 0.1) is 11.3 Å². The van der Waals surface area contributed by atoms with Crippen molar-refractivity contribution in [3.63, 3.8) is 0 Å². The number of carbonyl (C=O) groups is 1. The van der Waals surface area contributed by atoms with E-state index in [1.165, 1.54) is 21.3 Å². The maximum Gasteiger partial charge on any atom is 0.337 e. The second-order valence-electron chi connectivity index (χ2n) is 18.2. The van der Waals surface area contributed by atoms with Gasteiger partial charge in [0, 0.05) is 73.3 Å². The highest BCUT2D eigenvalue weighted by molar-refractivity contribution is 6.74. The summed E-state index contributed by atoms with van der Waals surface area (Å²) in [6.45, 7) is 26.1. The second kappa shape index (κ2) is 24.7. The number of carbonyl (C=O) groups excluding carboxylic acids is 1. The van der Waals surface area contributed by atoms with Crippen LogP contribution < -0.4 is 0 Å². The molecule has 58 heavy (non-hydrogen) atoms. The Bertz CT molecular complexity index is 1200. The molecule has 1 aliphatic heterocycles. The van der Waals surface area contributed by atoms with Gasteiger partial charge in [-0.2, -0.15) is 0 Å². The molecule has 0 radical (unpaired) electrons. The molecule has 2 N–H and O–H groups in total. The highest BCUT2D eigenvalue weighted by atomic mass is 28.4. The largest absolute Gasteiger partial charge is 0.467 e. The zero-order valence-electron chi connectivity index (χ0n) is 39.7. The van der Waals surface area contributed by atoms with Crippen LogP contribution in [0.2, 0.25) is 36.3 Å². The summed E-state index contributed by atoms with van der Waals surface area (Å²) in [6, 6.07) is 2.63. The number of hydrogen-bond donors (Lipinski definition) is 2. The minimum Gasteiger partial charge on any atom is -0.467 e. The average Bonchev–Trinajstić information content (AvgIpc) is 3.19. The summed E-state index contributed by atoms with van der Waals surface area (Å²) >= 11 is 0. The zero-order chi connectivity index (χ0) is 44.7. The van der Waals surface area contributed by atoms with E-state index in [0.717, 1.165) is 30.1 Å². The van der Waals surface area contributed by atoms with E-state index in [4.69, 9.17) is 46.7 Å². The average molecular weight is 867 g/mol. The molecule has 1 saturated heterocycles. The fourth-order valence-corrected chi connectivity index (χ4v) is 11.6. The molecule has 1 rings (SSSR count). The Kier molecular flexibility index (Phi) is 23.6. The minimum atomic E-state index is -2.32. The molecule has 0 aromatic carbocycles. The van der Waals surface area contributed by atoms with Gasteiger partial charge in [-0.25, -0.2) is 4.79 Å². The van der Waals surface area contributed by atoms with E-state index in [1.54, 1.807) is 21.3 Å². The predicted molar refractivity (Wildman–Crippen MR) is 233 cm³/mol. The van der Waals surface area contributed by atoms with Crippen LogP contribution in [0.25, 0.3) is 0 Å². The van der Waals surface area contributed by atoms with Crippen molar-refractivity contribution in [1.82, 2.24) is 0 Å². The van der Waals surface area contributed by atoms with E-state index < -0.39 is 82.6 Å². The molecule has 0 amide bonds. The van der Waals surface area contributed by atoms with Crippen molar-refractivity contribution in [2.45, 2.75) is 192 Å². The van der Waals surface area contributed by atoms with Gasteiger partial charge in [0.05, 0.1) is 43.7 Å². The number of rotatable bonds is 28. The Morgan fingerprint density at radius 3 is 1.98 bits per heavy atom. The van der Waals surface area contributed by atoms with Crippen molar-refractivity contribution >= 4 is 22.6 Å². The maximum absolute atomic E-state index is 12.9. The number of ether oxygens (including phenoxy) is 8. The first-order chi connectivity index (χ1) is 27.0. The zero-order valence-corrected chi connectivity index (χ0v) is 41.7. The smallest absolute Gasteiger partial charge is 0.337 e. The Labute approximate surface area is 354 Å². The van der Waals surface area contributed by atoms with Gasteiger partial charge in [0.1, 0.15) is 12.9 Å². The van der Waals surface area contributed by atoms with Crippen LogP contribution in [-0.2, 0) is 51.5 Å². The SMILES string of the molecule is CC[C@@H](/C=C(/C)[C@@H](O)C[C@H](C[C@@H](O)C(C)(C)[C@]1(OC)O[C@H](C[C@H](OC)[C@@H](OCOC)C(=O)OC)C[C@H](OC)[C@@H]1O[Si](CC)(CC)CC)OC)CO[Si](C)(C)C(C)(C)C. The van der Waals surface area contributed by atoms with E-state index in [2.05, 4.69) is 67.6 Å². The first kappa shape index (κ1) is 55.2. The molecule has 0 unspecified atom stereocenters. The molecular formula is C43H86O13Si2. The van der Waals surface area contributed by atoms with Crippen molar-refractivity contribution in [2.24, 2.45) is 11.3 Å². The lowest BCUT2D eigenvalue weighted by Crippen LogP contribution is -2.71. The molecule has 0 aliphatic carbocycles. The van der Waals surface area contributed by atoms with Gasteiger partial charge >= 0.3 is 5.97 Å². The number of hydrogen-bond acceptors (Lipinski definition) is 13. The van der Waals surface area contributed by atoms with Crippen LogP contribution in [0.15, 0.2) is 11.6 Å². The Hall–Kier alpha value is -0.796. The molecule has 1 heterocycles. The summed E-state index contributed by atoms with van der Waals surface area (Å²) < 4.78 is 61.3. The normalized spacial score (nSPS) is 24.6.